The molecule has 8 heteroatoms. The predicted octanol–water partition coefficient (Wildman–Crippen LogP) is 4.93. The van der Waals surface area contributed by atoms with Crippen molar-refractivity contribution in [2.24, 2.45) is 0 Å². The van der Waals surface area contributed by atoms with E-state index in [1.807, 2.05) is 0 Å². The van der Waals surface area contributed by atoms with Crippen LogP contribution in [0.2, 0.25) is 0 Å². The van der Waals surface area contributed by atoms with Crippen molar-refractivity contribution < 1.29 is 27.9 Å². The van der Waals surface area contributed by atoms with E-state index >= 15 is 0 Å². The number of aromatic nitrogens is 1. The number of anilines is 1. The Balaban J connectivity index is 1.78. The number of nitrogens with zero attached hydrogens (tertiary/aromatic N) is 2. The molecule has 1 heterocycles. The van der Waals surface area contributed by atoms with Crippen LogP contribution in [0.5, 0.6) is 11.5 Å². The van der Waals surface area contributed by atoms with E-state index in [-0.39, 0.29) is 11.3 Å². The number of carbonyl (C=O) groups is 1. The molecule has 0 atom stereocenters. The number of benzene rings is 2. The molecule has 0 spiro atoms. The summed E-state index contributed by atoms with van der Waals surface area (Å²) in [6.07, 6.45) is -1.42. The van der Waals surface area contributed by atoms with Crippen LogP contribution in [-0.4, -0.2) is 16.1 Å². The smallest absolute Gasteiger partial charge is 0.416 e. The van der Waals surface area contributed by atoms with Crippen molar-refractivity contribution in [1.29, 1.82) is 0 Å². The quantitative estimate of drug-likeness (QED) is 0.520. The van der Waals surface area contributed by atoms with Gasteiger partial charge in [0.15, 0.2) is 0 Å². The molecule has 0 aliphatic rings. The summed E-state index contributed by atoms with van der Waals surface area (Å²) in [4.78, 5) is 16.2. The minimum atomic E-state index is -4.50. The summed E-state index contributed by atoms with van der Waals surface area (Å²) in [5, 5.41) is 10.5. The van der Waals surface area contributed by atoms with Crippen LogP contribution in [0, 0.1) is 0 Å². The minimum absolute atomic E-state index is 0.0934. The molecule has 0 aliphatic carbocycles. The summed E-state index contributed by atoms with van der Waals surface area (Å²) in [5.74, 6) is -0.0600. The second-order valence-electron chi connectivity index (χ2n) is 5.48. The van der Waals surface area contributed by atoms with Gasteiger partial charge in [0, 0.05) is 17.8 Å². The molecule has 1 amide bonds. The Hall–Kier alpha value is -3.39. The highest BCUT2D eigenvalue weighted by Crippen LogP contribution is 2.30. The zero-order chi connectivity index (χ0) is 19.4. The molecule has 1 N–H and O–H groups in total. The number of alkyl halides is 3. The Morgan fingerprint density at radius 3 is 2.33 bits per heavy atom. The minimum Gasteiger partial charge on any atom is -0.456 e. The van der Waals surface area contributed by atoms with Crippen LogP contribution in [0.4, 0.5) is 18.9 Å². The molecule has 27 heavy (non-hydrogen) atoms. The van der Waals surface area contributed by atoms with Crippen molar-refractivity contribution in [1.82, 2.24) is 4.98 Å². The van der Waals surface area contributed by atoms with Gasteiger partial charge in [-0.05, 0) is 48.5 Å². The third kappa shape index (κ3) is 4.42. The Morgan fingerprint density at radius 2 is 1.70 bits per heavy atom. The molecule has 3 rings (SSSR count). The molecule has 2 aromatic carbocycles. The first-order valence-corrected chi connectivity index (χ1v) is 7.73. The van der Waals surface area contributed by atoms with Gasteiger partial charge in [0.1, 0.15) is 11.5 Å². The Labute approximate surface area is 152 Å². The number of hydrogen-bond donors (Lipinski definition) is 1. The molecule has 0 unspecified atom stereocenters. The predicted molar refractivity (Wildman–Crippen MR) is 90.8 cm³/mol. The molecule has 3 aromatic rings. The number of ether oxygens (including phenoxy) is 1. The van der Waals surface area contributed by atoms with Crippen LogP contribution < -0.4 is 9.80 Å². The van der Waals surface area contributed by atoms with E-state index in [9.17, 15) is 23.2 Å². The number of halogens is 3. The fourth-order valence-electron chi connectivity index (χ4n) is 2.26. The highest BCUT2D eigenvalue weighted by atomic mass is 19.4. The molecule has 0 aliphatic heterocycles. The number of pyridine rings is 1. The SMILES string of the molecule is O=C(c1ccc(C(F)(F)F)cc1)N(O)c1cccc(Oc2cccnc2)c1. The maximum Gasteiger partial charge on any atom is 0.416 e. The summed E-state index contributed by atoms with van der Waals surface area (Å²) in [7, 11) is 0. The summed E-state index contributed by atoms with van der Waals surface area (Å²) in [5.41, 5.74) is -0.874. The topological polar surface area (TPSA) is 62.7 Å². The Bertz CT molecular complexity index is 929. The highest BCUT2D eigenvalue weighted by molar-refractivity contribution is 6.04. The standard InChI is InChI=1S/C19H13F3N2O3/c20-19(21,22)14-8-6-13(7-9-14)18(25)24(26)15-3-1-4-16(11-15)27-17-5-2-10-23-12-17/h1-12,26H. The van der Waals surface area contributed by atoms with Crippen molar-refractivity contribution in [3.8, 4) is 11.5 Å². The van der Waals surface area contributed by atoms with Crippen molar-refractivity contribution in [3.05, 3.63) is 84.2 Å². The lowest BCUT2D eigenvalue weighted by atomic mass is 10.1. The van der Waals surface area contributed by atoms with E-state index in [2.05, 4.69) is 4.98 Å². The van der Waals surface area contributed by atoms with Gasteiger partial charge in [0.05, 0.1) is 17.4 Å². The maximum atomic E-state index is 12.6. The molecule has 0 saturated heterocycles. The van der Waals surface area contributed by atoms with Crippen LogP contribution in [-0.2, 0) is 6.18 Å². The number of hydrogen-bond acceptors (Lipinski definition) is 4. The second-order valence-corrected chi connectivity index (χ2v) is 5.48. The summed E-state index contributed by atoms with van der Waals surface area (Å²) < 4.78 is 43.4. The van der Waals surface area contributed by atoms with Crippen molar-refractivity contribution >= 4 is 11.6 Å². The van der Waals surface area contributed by atoms with Gasteiger partial charge >= 0.3 is 6.18 Å². The first kappa shape index (κ1) is 18.4. The van der Waals surface area contributed by atoms with Crippen LogP contribution in [0.3, 0.4) is 0 Å². The van der Waals surface area contributed by atoms with Crippen molar-refractivity contribution in [3.63, 3.8) is 0 Å². The average Bonchev–Trinajstić information content (AvgIpc) is 2.67. The second kappa shape index (κ2) is 7.46. The summed E-state index contributed by atoms with van der Waals surface area (Å²) in [6, 6.07) is 13.0. The van der Waals surface area contributed by atoms with Crippen LogP contribution in [0.1, 0.15) is 15.9 Å². The molecule has 5 nitrogen and oxygen atoms in total. The van der Waals surface area contributed by atoms with E-state index < -0.39 is 17.6 Å². The first-order chi connectivity index (χ1) is 12.8. The highest BCUT2D eigenvalue weighted by Gasteiger charge is 2.30. The molecular formula is C19H13F3N2O3. The average molecular weight is 374 g/mol. The fourth-order valence-corrected chi connectivity index (χ4v) is 2.26. The molecule has 0 saturated carbocycles. The molecule has 0 fully saturated rings. The largest absolute Gasteiger partial charge is 0.456 e. The number of rotatable bonds is 4. The van der Waals surface area contributed by atoms with Gasteiger partial charge in [-0.3, -0.25) is 15.0 Å². The Morgan fingerprint density at radius 1 is 1.00 bits per heavy atom. The van der Waals surface area contributed by atoms with E-state index in [1.54, 1.807) is 30.5 Å². The molecule has 138 valence electrons. The van der Waals surface area contributed by atoms with E-state index in [1.165, 1.54) is 18.3 Å². The van der Waals surface area contributed by atoms with Crippen molar-refractivity contribution in [2.45, 2.75) is 6.18 Å². The normalized spacial score (nSPS) is 11.1. The molecule has 1 aromatic heterocycles. The first-order valence-electron chi connectivity index (χ1n) is 7.73. The monoisotopic (exact) mass is 374 g/mol. The van der Waals surface area contributed by atoms with Gasteiger partial charge in [-0.2, -0.15) is 18.2 Å². The van der Waals surface area contributed by atoms with Gasteiger partial charge in [0.2, 0.25) is 0 Å². The third-order valence-corrected chi connectivity index (χ3v) is 3.58. The lowest BCUT2D eigenvalue weighted by Gasteiger charge is -2.16. The lowest BCUT2D eigenvalue weighted by Crippen LogP contribution is -2.27. The fraction of sp³-hybridized carbons (Fsp3) is 0.0526. The van der Waals surface area contributed by atoms with Crippen LogP contribution >= 0.6 is 0 Å². The number of amides is 1. The molecule has 0 bridgehead atoms. The van der Waals surface area contributed by atoms with E-state index in [0.717, 1.165) is 24.3 Å². The lowest BCUT2D eigenvalue weighted by molar-refractivity contribution is -0.137. The number of hydroxylamine groups is 1. The summed E-state index contributed by atoms with van der Waals surface area (Å²) in [6.45, 7) is 0. The molecule has 0 radical (unpaired) electrons. The van der Waals surface area contributed by atoms with E-state index in [4.69, 9.17) is 4.74 Å². The van der Waals surface area contributed by atoms with Crippen LogP contribution in [0.25, 0.3) is 0 Å². The zero-order valence-corrected chi connectivity index (χ0v) is 13.7. The van der Waals surface area contributed by atoms with Gasteiger partial charge in [0.25, 0.3) is 5.91 Å². The van der Waals surface area contributed by atoms with E-state index in [0.29, 0.717) is 16.6 Å². The summed E-state index contributed by atoms with van der Waals surface area (Å²) >= 11 is 0. The Kier molecular flexibility index (Phi) is 5.09. The third-order valence-electron chi connectivity index (χ3n) is 3.58. The molecular weight excluding hydrogens is 361 g/mol. The maximum absolute atomic E-state index is 12.6. The van der Waals surface area contributed by atoms with Gasteiger partial charge in [-0.1, -0.05) is 6.07 Å². The van der Waals surface area contributed by atoms with Gasteiger partial charge in [-0.25, -0.2) is 0 Å². The van der Waals surface area contributed by atoms with Gasteiger partial charge < -0.3 is 4.74 Å². The number of carbonyl (C=O) groups excluding carboxylic acids is 1. The zero-order valence-electron chi connectivity index (χ0n) is 13.7. The van der Waals surface area contributed by atoms with Gasteiger partial charge in [-0.15, -0.1) is 0 Å². The van der Waals surface area contributed by atoms with Crippen molar-refractivity contribution in [2.75, 3.05) is 5.06 Å². The van der Waals surface area contributed by atoms with Crippen LogP contribution in [0.15, 0.2) is 73.1 Å².